The van der Waals surface area contributed by atoms with Gasteiger partial charge in [-0.3, -0.25) is 9.59 Å². The Balaban J connectivity index is 2.28. The van der Waals surface area contributed by atoms with Gasteiger partial charge in [-0.1, -0.05) is 12.1 Å². The molecule has 1 unspecified atom stereocenters. The summed E-state index contributed by atoms with van der Waals surface area (Å²) in [5, 5.41) is 0. The zero-order valence-electron chi connectivity index (χ0n) is 10.3. The first-order valence-corrected chi connectivity index (χ1v) is 5.88. The fourth-order valence-corrected chi connectivity index (χ4v) is 2.28. The number of nitrogens with zero attached hydrogens (tertiary/aromatic N) is 1. The first-order valence-electron chi connectivity index (χ1n) is 5.88. The molecule has 1 atom stereocenters. The summed E-state index contributed by atoms with van der Waals surface area (Å²) in [6.07, 6.45) is 1.44. The van der Waals surface area contributed by atoms with Gasteiger partial charge in [0.2, 0.25) is 5.91 Å². The summed E-state index contributed by atoms with van der Waals surface area (Å²) in [7, 11) is 1.52. The highest BCUT2D eigenvalue weighted by atomic mass is 16.5. The van der Waals surface area contributed by atoms with Crippen molar-refractivity contribution in [1.29, 1.82) is 0 Å². The molecule has 0 bridgehead atoms. The molecule has 0 spiro atoms. The number of rotatable bonds is 3. The normalized spacial score (nSPS) is 18.7. The minimum Gasteiger partial charge on any atom is -0.496 e. The predicted molar refractivity (Wildman–Crippen MR) is 66.2 cm³/mol. The lowest BCUT2D eigenvalue weighted by Crippen LogP contribution is -2.43. The van der Waals surface area contributed by atoms with Crippen LogP contribution < -0.4 is 10.5 Å². The number of benzene rings is 1. The number of carbonyl (C=O) groups excluding carboxylic acids is 2. The van der Waals surface area contributed by atoms with Gasteiger partial charge >= 0.3 is 0 Å². The molecule has 1 aromatic rings. The molecular weight excluding hydrogens is 232 g/mol. The third-order valence-corrected chi connectivity index (χ3v) is 3.18. The van der Waals surface area contributed by atoms with Gasteiger partial charge in [-0.15, -0.1) is 0 Å². The second-order valence-electron chi connectivity index (χ2n) is 4.26. The van der Waals surface area contributed by atoms with Crippen LogP contribution in [0.4, 0.5) is 0 Å². The number of hydrogen-bond donors (Lipinski definition) is 1. The molecule has 2 rings (SSSR count). The molecule has 0 saturated carbocycles. The van der Waals surface area contributed by atoms with Crippen molar-refractivity contribution in [2.75, 3.05) is 13.7 Å². The largest absolute Gasteiger partial charge is 0.496 e. The maximum absolute atomic E-state index is 12.4. The van der Waals surface area contributed by atoms with Crippen LogP contribution in [0.2, 0.25) is 0 Å². The molecule has 18 heavy (non-hydrogen) atoms. The van der Waals surface area contributed by atoms with Gasteiger partial charge in [0.25, 0.3) is 5.91 Å². The number of primary amides is 1. The van der Waals surface area contributed by atoms with Crippen molar-refractivity contribution in [1.82, 2.24) is 4.90 Å². The van der Waals surface area contributed by atoms with Gasteiger partial charge < -0.3 is 15.4 Å². The van der Waals surface area contributed by atoms with E-state index < -0.39 is 11.9 Å². The number of carbonyl (C=O) groups is 2. The van der Waals surface area contributed by atoms with Gasteiger partial charge in [0.05, 0.1) is 12.7 Å². The third-order valence-electron chi connectivity index (χ3n) is 3.18. The molecule has 1 fully saturated rings. The van der Waals surface area contributed by atoms with Crippen LogP contribution in [0.3, 0.4) is 0 Å². The molecule has 5 nitrogen and oxygen atoms in total. The Morgan fingerprint density at radius 1 is 1.39 bits per heavy atom. The van der Waals surface area contributed by atoms with E-state index in [-0.39, 0.29) is 5.91 Å². The van der Waals surface area contributed by atoms with E-state index in [0.717, 1.165) is 6.42 Å². The lowest BCUT2D eigenvalue weighted by molar-refractivity contribution is -0.121. The summed E-state index contributed by atoms with van der Waals surface area (Å²) in [5.74, 6) is -0.137. The summed E-state index contributed by atoms with van der Waals surface area (Å²) < 4.78 is 5.16. The van der Waals surface area contributed by atoms with Gasteiger partial charge in [-0.05, 0) is 25.0 Å². The van der Waals surface area contributed by atoms with Crippen LogP contribution in [0.1, 0.15) is 23.2 Å². The Morgan fingerprint density at radius 3 is 2.78 bits per heavy atom. The number of amides is 2. The Labute approximate surface area is 106 Å². The van der Waals surface area contributed by atoms with Gasteiger partial charge in [0.15, 0.2) is 0 Å². The average molecular weight is 248 g/mol. The van der Waals surface area contributed by atoms with E-state index in [9.17, 15) is 9.59 Å². The zero-order chi connectivity index (χ0) is 13.1. The third kappa shape index (κ3) is 2.16. The van der Waals surface area contributed by atoms with Crippen LogP contribution in [0.25, 0.3) is 0 Å². The summed E-state index contributed by atoms with van der Waals surface area (Å²) in [4.78, 5) is 25.2. The van der Waals surface area contributed by atoms with E-state index in [0.29, 0.717) is 24.3 Å². The highest BCUT2D eigenvalue weighted by Gasteiger charge is 2.33. The number of ether oxygens (including phenoxy) is 1. The summed E-state index contributed by atoms with van der Waals surface area (Å²) >= 11 is 0. The van der Waals surface area contributed by atoms with Gasteiger partial charge in [-0.25, -0.2) is 0 Å². The Kier molecular flexibility index (Phi) is 3.50. The quantitative estimate of drug-likeness (QED) is 0.859. The fourth-order valence-electron chi connectivity index (χ4n) is 2.28. The van der Waals surface area contributed by atoms with E-state index >= 15 is 0 Å². The Morgan fingerprint density at radius 2 is 2.11 bits per heavy atom. The van der Waals surface area contributed by atoms with Gasteiger partial charge in [0.1, 0.15) is 11.8 Å². The molecule has 96 valence electrons. The SMILES string of the molecule is COc1ccccc1C(=O)N1CCCC1C(N)=O. The monoisotopic (exact) mass is 248 g/mol. The van der Waals surface area contributed by atoms with E-state index in [1.54, 1.807) is 24.3 Å². The zero-order valence-corrected chi connectivity index (χ0v) is 10.3. The molecule has 1 aliphatic heterocycles. The number of methoxy groups -OCH3 is 1. The number of para-hydroxylation sites is 1. The van der Waals surface area contributed by atoms with Gasteiger partial charge in [-0.2, -0.15) is 0 Å². The Bertz CT molecular complexity index is 473. The van der Waals surface area contributed by atoms with Crippen LogP contribution in [0.5, 0.6) is 5.75 Å². The lowest BCUT2D eigenvalue weighted by Gasteiger charge is -2.23. The average Bonchev–Trinajstić information content (AvgIpc) is 2.87. The van der Waals surface area contributed by atoms with Crippen molar-refractivity contribution < 1.29 is 14.3 Å². The molecule has 1 heterocycles. The van der Waals surface area contributed by atoms with E-state index in [1.165, 1.54) is 12.0 Å². The standard InChI is InChI=1S/C13H16N2O3/c1-18-11-7-3-2-5-9(11)13(17)15-8-4-6-10(15)12(14)16/h2-3,5,7,10H,4,6,8H2,1H3,(H2,14,16). The first kappa shape index (κ1) is 12.4. The molecule has 1 saturated heterocycles. The summed E-state index contributed by atoms with van der Waals surface area (Å²) in [6, 6.07) is 6.48. The van der Waals surface area contributed by atoms with Gasteiger partial charge in [0, 0.05) is 6.54 Å². The fraction of sp³-hybridized carbons (Fsp3) is 0.385. The molecule has 0 aromatic heterocycles. The van der Waals surface area contributed by atoms with Crippen molar-refractivity contribution in [2.24, 2.45) is 5.73 Å². The molecule has 1 aliphatic rings. The number of likely N-dealkylation sites (tertiary alicyclic amines) is 1. The molecule has 5 heteroatoms. The minimum atomic E-state index is -0.498. The molecule has 1 aromatic carbocycles. The number of nitrogens with two attached hydrogens (primary N) is 1. The van der Waals surface area contributed by atoms with Crippen LogP contribution in [0.15, 0.2) is 24.3 Å². The maximum Gasteiger partial charge on any atom is 0.258 e. The van der Waals surface area contributed by atoms with Crippen molar-refractivity contribution in [2.45, 2.75) is 18.9 Å². The molecule has 0 radical (unpaired) electrons. The second-order valence-corrected chi connectivity index (χ2v) is 4.26. The smallest absolute Gasteiger partial charge is 0.258 e. The molecule has 0 aliphatic carbocycles. The summed E-state index contributed by atoms with van der Waals surface area (Å²) in [5.41, 5.74) is 5.78. The van der Waals surface area contributed by atoms with Crippen molar-refractivity contribution in [3.63, 3.8) is 0 Å². The van der Waals surface area contributed by atoms with Crippen LogP contribution in [-0.4, -0.2) is 36.4 Å². The maximum atomic E-state index is 12.4. The second kappa shape index (κ2) is 5.08. The predicted octanol–water partition coefficient (Wildman–Crippen LogP) is 0.785. The first-order chi connectivity index (χ1) is 8.65. The van der Waals surface area contributed by atoms with Crippen LogP contribution in [0, 0.1) is 0 Å². The topological polar surface area (TPSA) is 72.6 Å². The van der Waals surface area contributed by atoms with Crippen LogP contribution >= 0.6 is 0 Å². The molecule has 2 amide bonds. The van der Waals surface area contributed by atoms with Crippen LogP contribution in [-0.2, 0) is 4.79 Å². The highest BCUT2D eigenvalue weighted by Crippen LogP contribution is 2.24. The van der Waals surface area contributed by atoms with E-state index in [4.69, 9.17) is 10.5 Å². The molecule has 2 N–H and O–H groups in total. The number of hydrogen-bond acceptors (Lipinski definition) is 3. The highest BCUT2D eigenvalue weighted by molar-refractivity contribution is 5.99. The Hall–Kier alpha value is -2.04. The van der Waals surface area contributed by atoms with E-state index in [2.05, 4.69) is 0 Å². The van der Waals surface area contributed by atoms with Crippen molar-refractivity contribution >= 4 is 11.8 Å². The van der Waals surface area contributed by atoms with Crippen molar-refractivity contribution in [3.05, 3.63) is 29.8 Å². The van der Waals surface area contributed by atoms with Crippen molar-refractivity contribution in [3.8, 4) is 5.75 Å². The minimum absolute atomic E-state index is 0.200. The summed E-state index contributed by atoms with van der Waals surface area (Å²) in [6.45, 7) is 0.560. The molecular formula is C13H16N2O3. The van der Waals surface area contributed by atoms with E-state index in [1.807, 2.05) is 0 Å². The lowest BCUT2D eigenvalue weighted by atomic mass is 10.1.